The predicted molar refractivity (Wildman–Crippen MR) is 69.7 cm³/mol. The molecule has 0 radical (unpaired) electrons. The van der Waals surface area contributed by atoms with Crippen molar-refractivity contribution in [2.45, 2.75) is 10.6 Å². The molecule has 0 aliphatic heterocycles. The zero-order valence-electron chi connectivity index (χ0n) is 9.13. The van der Waals surface area contributed by atoms with E-state index in [1.165, 1.54) is 0 Å². The maximum atomic E-state index is 9.61. The summed E-state index contributed by atoms with van der Waals surface area (Å²) < 4.78 is 0. The van der Waals surface area contributed by atoms with Crippen LogP contribution in [0.5, 0.6) is 5.75 Å². The van der Waals surface area contributed by atoms with Crippen LogP contribution in [0.2, 0.25) is 0 Å². The standard InChI is InChI=1S/C12H13N3OS/c13-15-12-6-5-9(7-14-12)8-17-11-4-2-1-3-10(11)16/h1-7,16H,8,13H2,(H,14,15). The average Bonchev–Trinajstić information content (AvgIpc) is 2.38. The number of hydrogen-bond acceptors (Lipinski definition) is 5. The number of benzene rings is 1. The normalized spacial score (nSPS) is 10.2. The van der Waals surface area contributed by atoms with E-state index in [4.69, 9.17) is 5.84 Å². The lowest BCUT2D eigenvalue weighted by Gasteiger charge is -2.04. The van der Waals surface area contributed by atoms with Gasteiger partial charge < -0.3 is 10.5 Å². The van der Waals surface area contributed by atoms with Crippen molar-refractivity contribution in [1.29, 1.82) is 0 Å². The first-order chi connectivity index (χ1) is 8.29. The van der Waals surface area contributed by atoms with E-state index >= 15 is 0 Å². The third-order valence-corrected chi connectivity index (χ3v) is 3.37. The number of nitrogen functional groups attached to an aromatic ring is 1. The molecule has 2 aromatic rings. The fourth-order valence-corrected chi connectivity index (χ4v) is 2.22. The van der Waals surface area contributed by atoms with Crippen molar-refractivity contribution in [1.82, 2.24) is 4.98 Å². The number of hydrogen-bond donors (Lipinski definition) is 3. The quantitative estimate of drug-likeness (QED) is 0.439. The zero-order valence-corrected chi connectivity index (χ0v) is 9.95. The monoisotopic (exact) mass is 247 g/mol. The van der Waals surface area contributed by atoms with E-state index < -0.39 is 0 Å². The van der Waals surface area contributed by atoms with Crippen LogP contribution in [0.15, 0.2) is 47.5 Å². The van der Waals surface area contributed by atoms with Crippen LogP contribution in [0.4, 0.5) is 5.82 Å². The number of aromatic hydroxyl groups is 1. The Balaban J connectivity index is 2.00. The van der Waals surface area contributed by atoms with Gasteiger partial charge in [0.2, 0.25) is 0 Å². The highest BCUT2D eigenvalue weighted by Crippen LogP contribution is 2.30. The van der Waals surface area contributed by atoms with Crippen LogP contribution in [0.25, 0.3) is 0 Å². The minimum atomic E-state index is 0.311. The van der Waals surface area contributed by atoms with E-state index in [-0.39, 0.29) is 0 Å². The Kier molecular flexibility index (Phi) is 3.85. The molecular formula is C12H13N3OS. The second-order valence-electron chi connectivity index (χ2n) is 3.45. The number of para-hydroxylation sites is 1. The molecule has 0 aliphatic carbocycles. The highest BCUT2D eigenvalue weighted by molar-refractivity contribution is 7.98. The Labute approximate surface area is 104 Å². The molecule has 0 spiro atoms. The molecule has 17 heavy (non-hydrogen) atoms. The molecule has 88 valence electrons. The van der Waals surface area contributed by atoms with Crippen LogP contribution in [-0.4, -0.2) is 10.1 Å². The summed E-state index contributed by atoms with van der Waals surface area (Å²) in [5.74, 6) is 6.94. The molecule has 0 aliphatic rings. The summed E-state index contributed by atoms with van der Waals surface area (Å²) >= 11 is 1.57. The lowest BCUT2D eigenvalue weighted by molar-refractivity contribution is 0.462. The van der Waals surface area contributed by atoms with Crippen LogP contribution in [0.1, 0.15) is 5.56 Å². The van der Waals surface area contributed by atoms with Gasteiger partial charge in [-0.1, -0.05) is 18.2 Å². The number of rotatable bonds is 4. The number of phenols is 1. The molecule has 1 heterocycles. The lowest BCUT2D eigenvalue weighted by atomic mass is 10.3. The van der Waals surface area contributed by atoms with E-state index in [1.807, 2.05) is 30.3 Å². The summed E-state index contributed by atoms with van der Waals surface area (Å²) in [4.78, 5) is 4.99. The van der Waals surface area contributed by atoms with Crippen molar-refractivity contribution in [3.63, 3.8) is 0 Å². The minimum absolute atomic E-state index is 0.311. The summed E-state index contributed by atoms with van der Waals surface area (Å²) in [5.41, 5.74) is 3.56. The van der Waals surface area contributed by atoms with Crippen LogP contribution in [-0.2, 0) is 5.75 Å². The SMILES string of the molecule is NNc1ccc(CSc2ccccc2O)cn1. The molecule has 0 saturated heterocycles. The third-order valence-electron chi connectivity index (χ3n) is 2.23. The van der Waals surface area contributed by atoms with Gasteiger partial charge in [-0.25, -0.2) is 10.8 Å². The first-order valence-corrected chi connectivity index (χ1v) is 6.10. The Hall–Kier alpha value is -1.72. The smallest absolute Gasteiger partial charge is 0.139 e. The molecular weight excluding hydrogens is 234 g/mol. The molecule has 4 nitrogen and oxygen atoms in total. The number of thioether (sulfide) groups is 1. The molecule has 0 fully saturated rings. The fraction of sp³-hybridized carbons (Fsp3) is 0.0833. The van der Waals surface area contributed by atoms with E-state index in [1.54, 1.807) is 24.0 Å². The van der Waals surface area contributed by atoms with Gasteiger partial charge in [-0.15, -0.1) is 11.8 Å². The number of nitrogens with two attached hydrogens (primary N) is 1. The second kappa shape index (κ2) is 5.56. The molecule has 5 heteroatoms. The molecule has 0 atom stereocenters. The number of hydrazine groups is 1. The maximum Gasteiger partial charge on any atom is 0.139 e. The molecule has 0 unspecified atom stereocenters. The van der Waals surface area contributed by atoms with E-state index in [9.17, 15) is 5.11 Å². The highest BCUT2D eigenvalue weighted by Gasteiger charge is 2.01. The van der Waals surface area contributed by atoms with Gasteiger partial charge in [0, 0.05) is 16.8 Å². The molecule has 0 amide bonds. The molecule has 1 aromatic heterocycles. The van der Waals surface area contributed by atoms with Gasteiger partial charge >= 0.3 is 0 Å². The van der Waals surface area contributed by atoms with Gasteiger partial charge in [0.05, 0.1) is 0 Å². The van der Waals surface area contributed by atoms with Crippen molar-refractivity contribution in [2.75, 3.05) is 5.43 Å². The van der Waals surface area contributed by atoms with Crippen molar-refractivity contribution < 1.29 is 5.11 Å². The first-order valence-electron chi connectivity index (χ1n) is 5.12. The summed E-state index contributed by atoms with van der Waals surface area (Å²) in [6.07, 6.45) is 1.77. The van der Waals surface area contributed by atoms with E-state index in [0.29, 0.717) is 11.6 Å². The van der Waals surface area contributed by atoms with Gasteiger partial charge in [0.25, 0.3) is 0 Å². The minimum Gasteiger partial charge on any atom is -0.507 e. The summed E-state index contributed by atoms with van der Waals surface area (Å²) in [6, 6.07) is 11.1. The molecule has 2 rings (SSSR count). The number of nitrogens with zero attached hydrogens (tertiary/aromatic N) is 1. The number of pyridine rings is 1. The van der Waals surface area contributed by atoms with Crippen LogP contribution in [0.3, 0.4) is 0 Å². The van der Waals surface area contributed by atoms with Gasteiger partial charge in [-0.2, -0.15) is 0 Å². The molecule has 1 aromatic carbocycles. The Bertz CT molecular complexity index is 487. The zero-order chi connectivity index (χ0) is 12.1. The van der Waals surface area contributed by atoms with Gasteiger partial charge in [0.1, 0.15) is 11.6 Å². The lowest BCUT2D eigenvalue weighted by Crippen LogP contribution is -2.08. The van der Waals surface area contributed by atoms with Crippen molar-refractivity contribution >= 4 is 17.6 Å². The van der Waals surface area contributed by atoms with Crippen LogP contribution in [0, 0.1) is 0 Å². The largest absolute Gasteiger partial charge is 0.507 e. The van der Waals surface area contributed by atoms with Gasteiger partial charge in [0.15, 0.2) is 0 Å². The fourth-order valence-electron chi connectivity index (χ4n) is 1.34. The summed E-state index contributed by atoms with van der Waals surface area (Å²) in [7, 11) is 0. The second-order valence-corrected chi connectivity index (χ2v) is 4.47. The molecule has 0 bridgehead atoms. The molecule has 0 saturated carbocycles. The third kappa shape index (κ3) is 3.12. The van der Waals surface area contributed by atoms with E-state index in [0.717, 1.165) is 16.2 Å². The topological polar surface area (TPSA) is 71.2 Å². The maximum absolute atomic E-state index is 9.61. The van der Waals surface area contributed by atoms with Crippen LogP contribution < -0.4 is 11.3 Å². The van der Waals surface area contributed by atoms with Crippen molar-refractivity contribution in [3.8, 4) is 5.75 Å². The number of nitrogens with one attached hydrogen (secondary N) is 1. The number of anilines is 1. The first kappa shape index (κ1) is 11.8. The van der Waals surface area contributed by atoms with Crippen molar-refractivity contribution in [2.24, 2.45) is 5.84 Å². The summed E-state index contributed by atoms with van der Waals surface area (Å²) in [5, 5.41) is 9.61. The average molecular weight is 247 g/mol. The predicted octanol–water partition coefficient (Wildman–Crippen LogP) is 2.37. The number of aromatic nitrogens is 1. The molecule has 4 N–H and O–H groups in total. The Morgan fingerprint density at radius 1 is 1.24 bits per heavy atom. The Morgan fingerprint density at radius 3 is 2.71 bits per heavy atom. The van der Waals surface area contributed by atoms with Crippen molar-refractivity contribution in [3.05, 3.63) is 48.2 Å². The Morgan fingerprint density at radius 2 is 2.06 bits per heavy atom. The number of phenolic OH excluding ortho intramolecular Hbond substituents is 1. The van der Waals surface area contributed by atoms with Gasteiger partial charge in [-0.05, 0) is 23.8 Å². The van der Waals surface area contributed by atoms with Crippen LogP contribution >= 0.6 is 11.8 Å². The highest BCUT2D eigenvalue weighted by atomic mass is 32.2. The van der Waals surface area contributed by atoms with Gasteiger partial charge in [-0.3, -0.25) is 0 Å². The summed E-state index contributed by atoms with van der Waals surface area (Å²) in [6.45, 7) is 0. The van der Waals surface area contributed by atoms with E-state index in [2.05, 4.69) is 10.4 Å².